The predicted octanol–water partition coefficient (Wildman–Crippen LogP) is 3.43. The van der Waals surface area contributed by atoms with Gasteiger partial charge in [0.05, 0.1) is 27.7 Å². The molecule has 0 saturated carbocycles. The molecule has 0 atom stereocenters. The fourth-order valence-corrected chi connectivity index (χ4v) is 5.20. The molecule has 0 aliphatic carbocycles. The molecule has 0 aliphatic rings. The number of nitrogens with zero attached hydrogens (tertiary/aromatic N) is 3. The minimum atomic E-state index is -4.01. The number of imidazole rings is 1. The van der Waals surface area contributed by atoms with E-state index in [9.17, 15) is 13.2 Å². The highest BCUT2D eigenvalue weighted by molar-refractivity contribution is 7.90. The van der Waals surface area contributed by atoms with E-state index in [1.54, 1.807) is 16.0 Å². The Hall–Kier alpha value is -1.75. The van der Waals surface area contributed by atoms with Crippen LogP contribution in [0, 0.1) is 5.92 Å². The molecular formula is C16H17ClN4O3S3. The Morgan fingerprint density at radius 3 is 2.81 bits per heavy atom. The standard InChI is InChI=1S/C16H17ClN4O3S3/c1-10(2)6-21-7-15(18-9-21)27(23,24)20-14(22)5-11-8-25-16(19-11)12-3-4-13(17)26-12/h3-4,7-10H,5-6H2,1-2H3,(H,20,22). The fraction of sp³-hybridized carbons (Fsp3) is 0.312. The number of nitrogens with one attached hydrogen (secondary N) is 1. The molecule has 0 spiro atoms. The summed E-state index contributed by atoms with van der Waals surface area (Å²) in [6.45, 7) is 4.68. The Morgan fingerprint density at radius 2 is 2.15 bits per heavy atom. The highest BCUT2D eigenvalue weighted by Gasteiger charge is 2.21. The van der Waals surface area contributed by atoms with Crippen molar-refractivity contribution in [3.05, 3.63) is 40.1 Å². The third-order valence-electron chi connectivity index (χ3n) is 3.39. The summed E-state index contributed by atoms with van der Waals surface area (Å²) in [4.78, 5) is 21.3. The molecule has 11 heteroatoms. The van der Waals surface area contributed by atoms with Crippen molar-refractivity contribution in [1.82, 2.24) is 19.3 Å². The number of thiazole rings is 1. The first-order valence-corrected chi connectivity index (χ1v) is 11.6. The molecule has 0 saturated heterocycles. The van der Waals surface area contributed by atoms with Gasteiger partial charge in [0.25, 0.3) is 10.0 Å². The fourth-order valence-electron chi connectivity index (χ4n) is 2.33. The van der Waals surface area contributed by atoms with Crippen molar-refractivity contribution in [2.24, 2.45) is 5.92 Å². The topological polar surface area (TPSA) is 94.0 Å². The van der Waals surface area contributed by atoms with Gasteiger partial charge in [0, 0.05) is 18.1 Å². The van der Waals surface area contributed by atoms with Crippen molar-refractivity contribution in [3.63, 3.8) is 0 Å². The van der Waals surface area contributed by atoms with E-state index in [4.69, 9.17) is 11.6 Å². The zero-order chi connectivity index (χ0) is 19.6. The SMILES string of the molecule is CC(C)Cn1cnc(S(=O)(=O)NC(=O)Cc2csc(-c3ccc(Cl)s3)n2)c1. The zero-order valence-electron chi connectivity index (χ0n) is 14.5. The van der Waals surface area contributed by atoms with Gasteiger partial charge in [-0.05, 0) is 18.1 Å². The predicted molar refractivity (Wildman–Crippen MR) is 107 cm³/mol. The third kappa shape index (κ3) is 5.16. The van der Waals surface area contributed by atoms with Crippen LogP contribution in [0.1, 0.15) is 19.5 Å². The first kappa shape index (κ1) is 20.0. The number of aromatic nitrogens is 3. The van der Waals surface area contributed by atoms with Gasteiger partial charge in [-0.3, -0.25) is 4.79 Å². The maximum atomic E-state index is 12.3. The second-order valence-corrected chi connectivity index (χ2v) is 10.5. The van der Waals surface area contributed by atoms with Gasteiger partial charge >= 0.3 is 0 Å². The Morgan fingerprint density at radius 1 is 1.37 bits per heavy atom. The molecule has 144 valence electrons. The summed E-state index contributed by atoms with van der Waals surface area (Å²) in [5, 5.41) is 2.29. The largest absolute Gasteiger partial charge is 0.336 e. The Kier molecular flexibility index (Phi) is 5.99. The molecule has 1 N–H and O–H groups in total. The normalized spacial score (nSPS) is 11.9. The summed E-state index contributed by atoms with van der Waals surface area (Å²) in [6.07, 6.45) is 2.72. The quantitative estimate of drug-likeness (QED) is 0.602. The van der Waals surface area contributed by atoms with Crippen LogP contribution < -0.4 is 4.72 Å². The monoisotopic (exact) mass is 444 g/mol. The van der Waals surface area contributed by atoms with E-state index in [1.807, 2.05) is 24.6 Å². The van der Waals surface area contributed by atoms with Gasteiger partial charge < -0.3 is 4.57 Å². The summed E-state index contributed by atoms with van der Waals surface area (Å²) in [7, 11) is -4.01. The molecule has 0 aliphatic heterocycles. The lowest BCUT2D eigenvalue weighted by molar-refractivity contribution is -0.118. The number of halogens is 1. The van der Waals surface area contributed by atoms with Gasteiger partial charge in [0.15, 0.2) is 5.03 Å². The van der Waals surface area contributed by atoms with Crippen LogP contribution in [0.3, 0.4) is 0 Å². The molecule has 3 aromatic rings. The van der Waals surface area contributed by atoms with Gasteiger partial charge in [-0.15, -0.1) is 22.7 Å². The van der Waals surface area contributed by atoms with Crippen molar-refractivity contribution in [1.29, 1.82) is 0 Å². The Labute approximate surface area is 170 Å². The number of hydrogen-bond acceptors (Lipinski definition) is 7. The Balaban J connectivity index is 1.65. The lowest BCUT2D eigenvalue weighted by Gasteiger charge is -2.05. The molecule has 3 rings (SSSR count). The summed E-state index contributed by atoms with van der Waals surface area (Å²) < 4.78 is 29.0. The van der Waals surface area contributed by atoms with Crippen molar-refractivity contribution in [2.75, 3.05) is 0 Å². The number of carbonyl (C=O) groups excluding carboxylic acids is 1. The molecule has 1 amide bonds. The molecule has 7 nitrogen and oxygen atoms in total. The van der Waals surface area contributed by atoms with E-state index < -0.39 is 15.9 Å². The third-order valence-corrected chi connectivity index (χ3v) is 6.94. The lowest BCUT2D eigenvalue weighted by atomic mass is 10.2. The highest BCUT2D eigenvalue weighted by atomic mass is 35.5. The van der Waals surface area contributed by atoms with Gasteiger partial charge in [-0.2, -0.15) is 8.42 Å². The molecular weight excluding hydrogens is 428 g/mol. The number of hydrogen-bond donors (Lipinski definition) is 1. The zero-order valence-corrected chi connectivity index (χ0v) is 17.8. The highest BCUT2D eigenvalue weighted by Crippen LogP contribution is 2.32. The molecule has 0 unspecified atom stereocenters. The molecule has 0 bridgehead atoms. The first-order valence-electron chi connectivity index (χ1n) is 8.00. The summed E-state index contributed by atoms with van der Waals surface area (Å²) in [6, 6.07) is 3.63. The van der Waals surface area contributed by atoms with Crippen molar-refractivity contribution < 1.29 is 13.2 Å². The molecule has 3 aromatic heterocycles. The van der Waals surface area contributed by atoms with E-state index in [0.29, 0.717) is 22.5 Å². The number of rotatable bonds is 7. The van der Waals surface area contributed by atoms with Crippen LogP contribution in [0.4, 0.5) is 0 Å². The average Bonchev–Trinajstić information content (AvgIpc) is 3.27. The van der Waals surface area contributed by atoms with Crippen LogP contribution in [0.2, 0.25) is 4.34 Å². The van der Waals surface area contributed by atoms with Crippen LogP contribution in [0.15, 0.2) is 35.1 Å². The maximum Gasteiger partial charge on any atom is 0.283 e. The van der Waals surface area contributed by atoms with Gasteiger partial charge in [0.2, 0.25) is 5.91 Å². The first-order chi connectivity index (χ1) is 12.7. The van der Waals surface area contributed by atoms with E-state index >= 15 is 0 Å². The van der Waals surface area contributed by atoms with Gasteiger partial charge in [0.1, 0.15) is 5.01 Å². The van der Waals surface area contributed by atoms with E-state index in [1.165, 1.54) is 35.2 Å². The molecule has 27 heavy (non-hydrogen) atoms. The van der Waals surface area contributed by atoms with Crippen LogP contribution in [-0.4, -0.2) is 28.9 Å². The second-order valence-electron chi connectivity index (χ2n) is 6.26. The smallest absolute Gasteiger partial charge is 0.283 e. The number of amides is 1. The van der Waals surface area contributed by atoms with Crippen molar-refractivity contribution >= 4 is 50.2 Å². The van der Waals surface area contributed by atoms with Crippen molar-refractivity contribution in [3.8, 4) is 9.88 Å². The molecule has 0 fully saturated rings. The molecule has 0 radical (unpaired) electrons. The summed E-state index contributed by atoms with van der Waals surface area (Å²) in [5.41, 5.74) is 0.498. The Bertz CT molecular complexity index is 1050. The molecule has 0 aromatic carbocycles. The van der Waals surface area contributed by atoms with Crippen LogP contribution >= 0.6 is 34.3 Å². The lowest BCUT2D eigenvalue weighted by Crippen LogP contribution is -2.32. The van der Waals surface area contributed by atoms with Gasteiger partial charge in [-0.1, -0.05) is 25.4 Å². The van der Waals surface area contributed by atoms with Crippen molar-refractivity contribution in [2.45, 2.75) is 31.8 Å². The molecule has 3 heterocycles. The average molecular weight is 445 g/mol. The summed E-state index contributed by atoms with van der Waals surface area (Å²) in [5.74, 6) is -0.309. The van der Waals surface area contributed by atoms with Crippen LogP contribution in [0.25, 0.3) is 9.88 Å². The number of thiophene rings is 1. The van der Waals surface area contributed by atoms with Crippen LogP contribution in [-0.2, 0) is 27.8 Å². The maximum absolute atomic E-state index is 12.3. The summed E-state index contributed by atoms with van der Waals surface area (Å²) >= 11 is 8.69. The number of sulfonamides is 1. The van der Waals surface area contributed by atoms with E-state index in [-0.39, 0.29) is 11.4 Å². The second kappa shape index (κ2) is 8.09. The van der Waals surface area contributed by atoms with E-state index in [2.05, 4.69) is 9.97 Å². The minimum absolute atomic E-state index is 0.137. The van der Waals surface area contributed by atoms with E-state index in [0.717, 1.165) is 9.88 Å². The minimum Gasteiger partial charge on any atom is -0.336 e. The number of carbonyl (C=O) groups is 1. The van der Waals surface area contributed by atoms with Crippen LogP contribution in [0.5, 0.6) is 0 Å². The van der Waals surface area contributed by atoms with Gasteiger partial charge in [-0.25, -0.2) is 14.7 Å².